The average Bonchev–Trinajstić information content (AvgIpc) is 2.97. The SMILES string of the molecule is C#CCNC(=O)COc1cccc(C(N=C(C)N/C(=C/C(C=N)=C(\C)N)CCCC)=Nc2ccccc2)c1.CC. The summed E-state index contributed by atoms with van der Waals surface area (Å²) in [5, 5.41) is 13.6. The van der Waals surface area contributed by atoms with Crippen LogP contribution in [0.15, 0.2) is 87.6 Å². The van der Waals surface area contributed by atoms with E-state index in [-0.39, 0.29) is 19.1 Å². The Kier molecular flexibility index (Phi) is 16.2. The Morgan fingerprint density at radius 3 is 2.50 bits per heavy atom. The van der Waals surface area contributed by atoms with E-state index in [1.54, 1.807) is 19.1 Å². The van der Waals surface area contributed by atoms with Crippen LogP contribution in [0.25, 0.3) is 0 Å². The van der Waals surface area contributed by atoms with E-state index >= 15 is 0 Å². The number of rotatable bonds is 12. The third kappa shape index (κ3) is 12.7. The summed E-state index contributed by atoms with van der Waals surface area (Å²) in [4.78, 5) is 21.4. The molecule has 0 bridgehead atoms. The Hall–Kier alpha value is -4.64. The molecule has 1 amide bonds. The standard InChI is InChI=1S/C30H36N6O2.C2H6/c1-5-7-13-27(18-25(20-31)22(3)32)34-23(4)35-30(36-26-14-9-8-10-15-26)24-12-11-16-28(19-24)38-21-29(37)33-17-6-2;1-2/h2,8-12,14-16,18-20,31H,5,7,13,17,21,32H2,1,3-4H3,(H,33,37)(H,34,35,36);1-2H3/b25-22-,27-18+,31-20?;. The van der Waals surface area contributed by atoms with E-state index in [9.17, 15) is 4.79 Å². The lowest BCUT2D eigenvalue weighted by molar-refractivity contribution is -0.122. The maximum absolute atomic E-state index is 11.9. The maximum atomic E-state index is 11.9. The summed E-state index contributed by atoms with van der Waals surface area (Å²) in [6.45, 7) is 9.74. The third-order valence-corrected chi connectivity index (χ3v) is 5.20. The molecule has 0 aliphatic heterocycles. The number of carbonyl (C=O) groups is 1. The minimum Gasteiger partial charge on any atom is -0.484 e. The number of ether oxygens (including phenoxy) is 1. The van der Waals surface area contributed by atoms with Gasteiger partial charge in [-0.2, -0.15) is 0 Å². The zero-order valence-corrected chi connectivity index (χ0v) is 24.3. The topological polar surface area (TPSA) is 125 Å². The lowest BCUT2D eigenvalue weighted by Gasteiger charge is -2.13. The number of benzene rings is 2. The van der Waals surface area contributed by atoms with E-state index in [1.807, 2.05) is 69.3 Å². The molecular weight excluding hydrogens is 500 g/mol. The zero-order chi connectivity index (χ0) is 29.8. The fourth-order valence-electron chi connectivity index (χ4n) is 3.27. The second-order valence-electron chi connectivity index (χ2n) is 8.45. The van der Waals surface area contributed by atoms with Gasteiger partial charge in [-0.25, -0.2) is 9.98 Å². The number of nitrogens with zero attached hydrogens (tertiary/aromatic N) is 2. The second-order valence-corrected chi connectivity index (χ2v) is 8.45. The number of amidine groups is 2. The van der Waals surface area contributed by atoms with Crippen LogP contribution in [0.1, 0.15) is 59.4 Å². The molecule has 2 aromatic rings. The monoisotopic (exact) mass is 542 g/mol. The van der Waals surface area contributed by atoms with Crippen LogP contribution in [0.5, 0.6) is 5.75 Å². The molecule has 0 heterocycles. The van der Waals surface area contributed by atoms with Crippen LogP contribution in [0.4, 0.5) is 5.69 Å². The second kappa shape index (κ2) is 19.4. The van der Waals surface area contributed by atoms with Gasteiger partial charge in [0, 0.05) is 28.7 Å². The Morgan fingerprint density at radius 1 is 1.15 bits per heavy atom. The molecule has 0 saturated carbocycles. The summed E-state index contributed by atoms with van der Waals surface area (Å²) >= 11 is 0. The normalized spacial score (nSPS) is 12.2. The molecule has 40 heavy (non-hydrogen) atoms. The molecule has 0 saturated heterocycles. The number of nitrogens with two attached hydrogens (primary N) is 1. The van der Waals surface area contributed by atoms with Crippen LogP contribution in [0.3, 0.4) is 0 Å². The molecule has 2 rings (SSSR count). The van der Waals surface area contributed by atoms with E-state index in [0.29, 0.717) is 34.3 Å². The number of hydrogen-bond donors (Lipinski definition) is 4. The van der Waals surface area contributed by atoms with Gasteiger partial charge in [0.25, 0.3) is 5.91 Å². The van der Waals surface area contributed by atoms with Gasteiger partial charge in [-0.15, -0.1) is 6.42 Å². The van der Waals surface area contributed by atoms with E-state index in [1.165, 1.54) is 6.21 Å². The Balaban J connectivity index is 0.00000391. The fraction of sp³-hybridized carbons (Fsp3) is 0.312. The van der Waals surface area contributed by atoms with Crippen LogP contribution in [0, 0.1) is 17.8 Å². The van der Waals surface area contributed by atoms with Crippen LogP contribution >= 0.6 is 0 Å². The highest BCUT2D eigenvalue weighted by Crippen LogP contribution is 2.19. The lowest BCUT2D eigenvalue weighted by Crippen LogP contribution is -2.29. The average molecular weight is 543 g/mol. The predicted octanol–water partition coefficient (Wildman–Crippen LogP) is 5.88. The van der Waals surface area contributed by atoms with Crippen molar-refractivity contribution in [3.05, 3.63) is 83.2 Å². The van der Waals surface area contributed by atoms with Gasteiger partial charge in [-0.1, -0.05) is 63.4 Å². The van der Waals surface area contributed by atoms with E-state index < -0.39 is 0 Å². The minimum atomic E-state index is -0.304. The number of nitrogens with one attached hydrogen (secondary N) is 3. The summed E-state index contributed by atoms with van der Waals surface area (Å²) in [7, 11) is 0. The van der Waals surface area contributed by atoms with E-state index in [0.717, 1.165) is 30.6 Å². The predicted molar refractivity (Wildman–Crippen MR) is 167 cm³/mol. The number of allylic oxidation sites excluding steroid dienone is 4. The van der Waals surface area contributed by atoms with Crippen molar-refractivity contribution in [3.63, 3.8) is 0 Å². The molecule has 8 nitrogen and oxygen atoms in total. The molecule has 0 atom stereocenters. The highest BCUT2D eigenvalue weighted by molar-refractivity contribution is 6.07. The highest BCUT2D eigenvalue weighted by Gasteiger charge is 2.09. The largest absolute Gasteiger partial charge is 0.484 e. The van der Waals surface area contributed by atoms with Crippen molar-refractivity contribution < 1.29 is 9.53 Å². The van der Waals surface area contributed by atoms with E-state index in [4.69, 9.17) is 32.3 Å². The number of hydrogen-bond acceptors (Lipinski definition) is 5. The molecule has 0 unspecified atom stereocenters. The molecule has 0 radical (unpaired) electrons. The summed E-state index contributed by atoms with van der Waals surface area (Å²) in [5.41, 5.74) is 9.52. The fourth-order valence-corrected chi connectivity index (χ4v) is 3.27. The summed E-state index contributed by atoms with van der Waals surface area (Å²) in [5.74, 6) is 3.65. The van der Waals surface area contributed by atoms with Crippen LogP contribution < -0.4 is 21.1 Å². The first-order valence-electron chi connectivity index (χ1n) is 13.4. The third-order valence-electron chi connectivity index (χ3n) is 5.20. The lowest BCUT2D eigenvalue weighted by atomic mass is 10.1. The van der Waals surface area contributed by atoms with Crippen molar-refractivity contribution in [3.8, 4) is 18.1 Å². The highest BCUT2D eigenvalue weighted by atomic mass is 16.5. The number of unbranched alkanes of at least 4 members (excludes halogenated alkanes) is 1. The molecular formula is C32H42N6O2. The number of amides is 1. The van der Waals surface area contributed by atoms with Crippen molar-refractivity contribution in [1.82, 2.24) is 10.6 Å². The summed E-state index contributed by atoms with van der Waals surface area (Å²) in [6.07, 6.45) is 11.1. The number of para-hydroxylation sites is 1. The van der Waals surface area contributed by atoms with Gasteiger partial charge in [-0.05, 0) is 57.0 Å². The van der Waals surface area contributed by atoms with Gasteiger partial charge >= 0.3 is 0 Å². The van der Waals surface area contributed by atoms with Crippen molar-refractivity contribution >= 4 is 29.5 Å². The Morgan fingerprint density at radius 2 is 1.88 bits per heavy atom. The van der Waals surface area contributed by atoms with Gasteiger partial charge in [0.05, 0.1) is 12.2 Å². The minimum absolute atomic E-state index is 0.147. The van der Waals surface area contributed by atoms with Crippen LogP contribution in [0.2, 0.25) is 0 Å². The van der Waals surface area contributed by atoms with Gasteiger partial charge in [-0.3, -0.25) is 4.79 Å². The molecule has 2 aromatic carbocycles. The molecule has 5 N–H and O–H groups in total. The number of aliphatic imine (C=N–C) groups is 2. The molecule has 0 spiro atoms. The first-order chi connectivity index (χ1) is 19.4. The molecule has 0 aromatic heterocycles. The van der Waals surface area contributed by atoms with Crippen LogP contribution in [-0.2, 0) is 4.79 Å². The van der Waals surface area contributed by atoms with Crippen molar-refractivity contribution in [1.29, 1.82) is 5.41 Å². The van der Waals surface area contributed by atoms with Gasteiger partial charge < -0.3 is 26.5 Å². The quantitative estimate of drug-likeness (QED) is 0.116. The molecule has 8 heteroatoms. The Labute approximate surface area is 239 Å². The summed E-state index contributed by atoms with van der Waals surface area (Å²) in [6, 6.07) is 16.8. The first kappa shape index (κ1) is 33.4. The Bertz CT molecular complexity index is 1250. The van der Waals surface area contributed by atoms with Crippen molar-refractivity contribution in [2.45, 2.75) is 53.9 Å². The zero-order valence-electron chi connectivity index (χ0n) is 24.3. The molecule has 212 valence electrons. The smallest absolute Gasteiger partial charge is 0.258 e. The van der Waals surface area contributed by atoms with Gasteiger partial charge in [0.15, 0.2) is 12.4 Å². The van der Waals surface area contributed by atoms with Gasteiger partial charge in [0.2, 0.25) is 0 Å². The molecule has 0 aliphatic rings. The molecule has 0 aliphatic carbocycles. The van der Waals surface area contributed by atoms with Crippen molar-refractivity contribution in [2.24, 2.45) is 15.7 Å². The summed E-state index contributed by atoms with van der Waals surface area (Å²) < 4.78 is 5.65. The number of carbonyl (C=O) groups excluding carboxylic acids is 1. The molecule has 0 fully saturated rings. The van der Waals surface area contributed by atoms with Gasteiger partial charge in [0.1, 0.15) is 11.6 Å². The van der Waals surface area contributed by atoms with Crippen LogP contribution in [-0.4, -0.2) is 36.9 Å². The maximum Gasteiger partial charge on any atom is 0.258 e. The van der Waals surface area contributed by atoms with E-state index in [2.05, 4.69) is 23.5 Å². The van der Waals surface area contributed by atoms with Crippen molar-refractivity contribution in [2.75, 3.05) is 13.2 Å². The number of terminal acetylenes is 1. The first-order valence-corrected chi connectivity index (χ1v) is 13.4.